The van der Waals surface area contributed by atoms with Gasteiger partial charge >= 0.3 is 6.18 Å². The molecule has 5 rings (SSSR count). The number of aryl methyl sites for hydroxylation is 1. The molecule has 0 spiro atoms. The predicted octanol–water partition coefficient (Wildman–Crippen LogP) is 4.28. The van der Waals surface area contributed by atoms with Crippen molar-refractivity contribution in [3.63, 3.8) is 0 Å². The Hall–Kier alpha value is -4.28. The fourth-order valence-electron chi connectivity index (χ4n) is 4.78. The lowest BCUT2D eigenvalue weighted by Crippen LogP contribution is -2.40. The van der Waals surface area contributed by atoms with E-state index in [2.05, 4.69) is 10.3 Å². The minimum atomic E-state index is -4.61. The van der Waals surface area contributed by atoms with Crippen molar-refractivity contribution < 1.29 is 37.3 Å². The highest BCUT2D eigenvalue weighted by molar-refractivity contribution is 5.94. The second kappa shape index (κ2) is 9.88. The molecule has 2 N–H and O–H groups in total. The van der Waals surface area contributed by atoms with Crippen molar-refractivity contribution in [2.75, 3.05) is 20.2 Å². The lowest BCUT2D eigenvalue weighted by atomic mass is 9.93. The van der Waals surface area contributed by atoms with Crippen LogP contribution in [0.3, 0.4) is 0 Å². The van der Waals surface area contributed by atoms with Crippen LogP contribution in [-0.4, -0.2) is 53.0 Å². The van der Waals surface area contributed by atoms with Crippen LogP contribution in [0, 0.1) is 0 Å². The number of phenolic OH excluding ortho intramolecular Hbond substituents is 1. The zero-order valence-electron chi connectivity index (χ0n) is 20.3. The summed E-state index contributed by atoms with van der Waals surface area (Å²) < 4.78 is 50.2. The standard InChI is InChI=1S/C27H24F3N3O5/c1-37-21-7-4-16-11-23(21)38-22-10-15(2-6-20(22)34)3-9-25(35)32-19-14-33(13-18(16)19)26(36)17-5-8-24(31-12-17)27(28,29)30/h2,4-8,10-12,18-19,34H,3,9,13-14H2,1H3,(H,32,35)/t18-,19+/m0/s1. The number of fused-ring (bicyclic) bond motifs is 6. The lowest BCUT2D eigenvalue weighted by Gasteiger charge is -2.21. The number of hydrogen-bond acceptors (Lipinski definition) is 6. The van der Waals surface area contributed by atoms with Gasteiger partial charge in [0.25, 0.3) is 5.91 Å². The lowest BCUT2D eigenvalue weighted by molar-refractivity contribution is -0.141. The molecule has 3 aromatic rings. The number of carbonyl (C=O) groups excluding carboxylic acids is 2. The Bertz CT molecular complexity index is 1380. The fourth-order valence-corrected chi connectivity index (χ4v) is 4.78. The van der Waals surface area contributed by atoms with Crippen LogP contribution in [0.5, 0.6) is 23.0 Å². The number of aromatic hydroxyl groups is 1. The third-order valence-electron chi connectivity index (χ3n) is 6.76. The van der Waals surface area contributed by atoms with E-state index in [9.17, 15) is 27.9 Å². The normalized spacial score (nSPS) is 19.3. The number of alkyl halides is 3. The highest BCUT2D eigenvalue weighted by Crippen LogP contribution is 2.40. The third kappa shape index (κ3) is 5.09. The first-order valence-electron chi connectivity index (χ1n) is 11.9. The molecule has 3 heterocycles. The van der Waals surface area contributed by atoms with E-state index in [1.165, 1.54) is 18.1 Å². The van der Waals surface area contributed by atoms with Crippen LogP contribution in [0.4, 0.5) is 13.2 Å². The molecule has 1 fully saturated rings. The van der Waals surface area contributed by atoms with Crippen LogP contribution < -0.4 is 14.8 Å². The molecule has 1 saturated heterocycles. The van der Waals surface area contributed by atoms with Gasteiger partial charge in [0.05, 0.1) is 18.7 Å². The summed E-state index contributed by atoms with van der Waals surface area (Å²) >= 11 is 0. The largest absolute Gasteiger partial charge is 0.504 e. The first-order chi connectivity index (χ1) is 18.1. The number of methoxy groups -OCH3 is 1. The number of likely N-dealkylation sites (tertiary alicyclic amines) is 1. The molecule has 2 amide bonds. The second-order valence-corrected chi connectivity index (χ2v) is 9.23. The van der Waals surface area contributed by atoms with Crippen LogP contribution >= 0.6 is 0 Å². The fraction of sp³-hybridized carbons (Fsp3) is 0.296. The molecule has 0 saturated carbocycles. The smallest absolute Gasteiger partial charge is 0.433 e. The molecule has 11 heteroatoms. The van der Waals surface area contributed by atoms with Gasteiger partial charge in [-0.1, -0.05) is 12.1 Å². The average molecular weight is 527 g/mol. The molecule has 1 aromatic heterocycles. The number of carbonyl (C=O) groups is 2. The molecule has 0 aliphatic carbocycles. The van der Waals surface area contributed by atoms with E-state index in [0.717, 1.165) is 29.5 Å². The predicted molar refractivity (Wildman–Crippen MR) is 129 cm³/mol. The molecule has 198 valence electrons. The van der Waals surface area contributed by atoms with Gasteiger partial charge in [0, 0.05) is 31.6 Å². The molecule has 2 aliphatic rings. The Morgan fingerprint density at radius 1 is 1.11 bits per heavy atom. The summed E-state index contributed by atoms with van der Waals surface area (Å²) in [5, 5.41) is 13.4. The molecular weight excluding hydrogens is 503 g/mol. The summed E-state index contributed by atoms with van der Waals surface area (Å²) in [5.74, 6) is -0.119. The van der Waals surface area contributed by atoms with Crippen molar-refractivity contribution in [1.29, 1.82) is 0 Å². The van der Waals surface area contributed by atoms with Crippen molar-refractivity contribution >= 4 is 11.8 Å². The second-order valence-electron chi connectivity index (χ2n) is 9.23. The number of ether oxygens (including phenoxy) is 2. The molecule has 2 aromatic carbocycles. The monoisotopic (exact) mass is 527 g/mol. The van der Waals surface area contributed by atoms with E-state index in [1.54, 1.807) is 30.3 Å². The van der Waals surface area contributed by atoms with Crippen LogP contribution in [0.2, 0.25) is 0 Å². The van der Waals surface area contributed by atoms with Crippen LogP contribution in [0.25, 0.3) is 0 Å². The van der Waals surface area contributed by atoms with E-state index < -0.39 is 23.8 Å². The van der Waals surface area contributed by atoms with Crippen LogP contribution in [-0.2, 0) is 17.4 Å². The van der Waals surface area contributed by atoms with Gasteiger partial charge in [0.2, 0.25) is 5.91 Å². The Morgan fingerprint density at radius 2 is 1.92 bits per heavy atom. The third-order valence-corrected chi connectivity index (χ3v) is 6.76. The minimum absolute atomic E-state index is 0.0193. The van der Waals surface area contributed by atoms with E-state index in [0.29, 0.717) is 17.9 Å². The van der Waals surface area contributed by atoms with Gasteiger partial charge in [-0.15, -0.1) is 0 Å². The highest BCUT2D eigenvalue weighted by Gasteiger charge is 2.38. The SMILES string of the molecule is COc1ccc2cc1Oc1cc(ccc1O)CCC(=O)N[C@@H]1CN(C(=O)c3ccc(C(F)(F)F)nc3)C[C@@H]21. The number of hydrogen-bond donors (Lipinski definition) is 2. The summed E-state index contributed by atoms with van der Waals surface area (Å²) in [4.78, 5) is 30.9. The molecule has 38 heavy (non-hydrogen) atoms. The Balaban J connectivity index is 1.48. The summed E-state index contributed by atoms with van der Waals surface area (Å²) in [6, 6.07) is 11.6. The zero-order valence-corrected chi connectivity index (χ0v) is 20.3. The van der Waals surface area contributed by atoms with Gasteiger partial charge in [-0.3, -0.25) is 14.6 Å². The van der Waals surface area contributed by atoms with Crippen molar-refractivity contribution in [1.82, 2.24) is 15.2 Å². The highest BCUT2D eigenvalue weighted by atomic mass is 19.4. The van der Waals surface area contributed by atoms with Crippen molar-refractivity contribution in [2.24, 2.45) is 0 Å². The van der Waals surface area contributed by atoms with Gasteiger partial charge in [-0.2, -0.15) is 13.2 Å². The van der Waals surface area contributed by atoms with Gasteiger partial charge in [0.1, 0.15) is 5.69 Å². The van der Waals surface area contributed by atoms with Crippen molar-refractivity contribution in [3.05, 3.63) is 77.1 Å². The summed E-state index contributed by atoms with van der Waals surface area (Å²) in [6.07, 6.45) is -3.12. The number of nitrogens with zero attached hydrogens (tertiary/aromatic N) is 2. The number of aromatic nitrogens is 1. The Labute approximate surface area is 216 Å². The maximum Gasteiger partial charge on any atom is 0.433 e. The average Bonchev–Trinajstić information content (AvgIpc) is 3.31. The number of nitrogens with one attached hydrogen (secondary N) is 1. The van der Waals surface area contributed by atoms with Gasteiger partial charge < -0.3 is 24.8 Å². The zero-order chi connectivity index (χ0) is 27.0. The summed E-state index contributed by atoms with van der Waals surface area (Å²) in [7, 11) is 1.49. The molecule has 0 radical (unpaired) electrons. The van der Waals surface area contributed by atoms with Gasteiger partial charge in [0.15, 0.2) is 23.0 Å². The van der Waals surface area contributed by atoms with E-state index >= 15 is 0 Å². The molecule has 2 aliphatic heterocycles. The summed E-state index contributed by atoms with van der Waals surface area (Å²) in [5.41, 5.74) is 0.478. The number of benzene rings is 2. The Kier molecular flexibility index (Phi) is 6.60. The maximum absolute atomic E-state index is 13.2. The molecule has 4 bridgehead atoms. The molecular formula is C27H24F3N3O5. The number of phenols is 1. The van der Waals surface area contributed by atoms with E-state index in [1.807, 2.05) is 0 Å². The minimum Gasteiger partial charge on any atom is -0.504 e. The van der Waals surface area contributed by atoms with E-state index in [4.69, 9.17) is 9.47 Å². The molecule has 0 unspecified atom stereocenters. The van der Waals surface area contributed by atoms with Crippen LogP contribution in [0.1, 0.15) is 39.5 Å². The quantitative estimate of drug-likeness (QED) is 0.516. The van der Waals surface area contributed by atoms with Gasteiger partial charge in [-0.05, 0) is 53.9 Å². The number of rotatable bonds is 2. The first kappa shape index (κ1) is 25.4. The van der Waals surface area contributed by atoms with Crippen molar-refractivity contribution in [3.8, 4) is 23.0 Å². The molecule has 8 nitrogen and oxygen atoms in total. The van der Waals surface area contributed by atoms with Crippen LogP contribution in [0.15, 0.2) is 54.7 Å². The van der Waals surface area contributed by atoms with E-state index in [-0.39, 0.29) is 48.4 Å². The summed E-state index contributed by atoms with van der Waals surface area (Å²) in [6.45, 7) is 0.364. The van der Waals surface area contributed by atoms with Gasteiger partial charge in [-0.25, -0.2) is 0 Å². The first-order valence-corrected chi connectivity index (χ1v) is 11.9. The maximum atomic E-state index is 13.2. The topological polar surface area (TPSA) is 101 Å². The number of amides is 2. The van der Waals surface area contributed by atoms with Crippen molar-refractivity contribution in [2.45, 2.75) is 31.0 Å². The molecule has 2 atom stereocenters. The number of pyridine rings is 1. The Morgan fingerprint density at radius 3 is 2.63 bits per heavy atom. The number of halogens is 3.